The Kier molecular flexibility index (Phi) is 3.29. The number of rotatable bonds is 3. The van der Waals surface area contributed by atoms with E-state index in [2.05, 4.69) is 36.1 Å². The van der Waals surface area contributed by atoms with Crippen molar-refractivity contribution in [2.75, 3.05) is 5.73 Å². The highest BCUT2D eigenvalue weighted by atomic mass is 16.3. The van der Waals surface area contributed by atoms with Gasteiger partial charge in [0.2, 0.25) is 5.95 Å². The minimum atomic E-state index is -0.217. The number of nitrogens with zero attached hydrogens (tertiary/aromatic N) is 2. The lowest BCUT2D eigenvalue weighted by atomic mass is 9.64. The number of hydrogen-bond donors (Lipinski definition) is 3. The van der Waals surface area contributed by atoms with E-state index in [9.17, 15) is 5.11 Å². The molecule has 0 bridgehead atoms. The molecule has 1 aliphatic carbocycles. The summed E-state index contributed by atoms with van der Waals surface area (Å²) >= 11 is 0. The van der Waals surface area contributed by atoms with Gasteiger partial charge >= 0.3 is 0 Å². The summed E-state index contributed by atoms with van der Waals surface area (Å²) < 4.78 is 0. The average Bonchev–Trinajstić information content (AvgIpc) is 2.28. The Morgan fingerprint density at radius 1 is 1.56 bits per heavy atom. The predicted molar refractivity (Wildman–Crippen MR) is 70.9 cm³/mol. The minimum absolute atomic E-state index is 0.0726. The third kappa shape index (κ3) is 2.20. The fraction of sp³-hybridized carbons (Fsp3) is 0.692. The lowest BCUT2D eigenvalue weighted by molar-refractivity contribution is -0.0755. The van der Waals surface area contributed by atoms with E-state index in [0.29, 0.717) is 12.0 Å². The lowest BCUT2D eigenvalue weighted by Crippen LogP contribution is -2.60. The first kappa shape index (κ1) is 13.2. The molecule has 0 spiro atoms. The van der Waals surface area contributed by atoms with Crippen molar-refractivity contribution in [2.24, 2.45) is 5.41 Å². The molecule has 3 atom stereocenters. The number of nitrogen functional groups attached to an aromatic ring is 1. The van der Waals surface area contributed by atoms with Gasteiger partial charge in [0.05, 0.1) is 6.10 Å². The van der Waals surface area contributed by atoms with Crippen LogP contribution in [0.3, 0.4) is 0 Å². The number of aromatic nitrogens is 2. The molecule has 1 fully saturated rings. The van der Waals surface area contributed by atoms with Crippen molar-refractivity contribution in [1.82, 2.24) is 15.3 Å². The second-order valence-corrected chi connectivity index (χ2v) is 5.78. The van der Waals surface area contributed by atoms with Gasteiger partial charge in [-0.15, -0.1) is 0 Å². The van der Waals surface area contributed by atoms with E-state index < -0.39 is 0 Å². The van der Waals surface area contributed by atoms with Crippen LogP contribution >= 0.6 is 0 Å². The van der Waals surface area contributed by atoms with Crippen molar-refractivity contribution in [2.45, 2.75) is 52.3 Å². The van der Waals surface area contributed by atoms with E-state index in [1.807, 2.05) is 6.92 Å². The van der Waals surface area contributed by atoms with Crippen LogP contribution in [0.15, 0.2) is 6.20 Å². The van der Waals surface area contributed by atoms with Crippen LogP contribution < -0.4 is 11.1 Å². The van der Waals surface area contributed by atoms with Gasteiger partial charge in [0.1, 0.15) is 0 Å². The molecule has 18 heavy (non-hydrogen) atoms. The van der Waals surface area contributed by atoms with Crippen molar-refractivity contribution >= 4 is 5.95 Å². The number of aliphatic hydroxyl groups is 1. The molecule has 100 valence electrons. The first-order valence-corrected chi connectivity index (χ1v) is 6.35. The van der Waals surface area contributed by atoms with E-state index in [0.717, 1.165) is 17.7 Å². The molecule has 5 heteroatoms. The van der Waals surface area contributed by atoms with Gasteiger partial charge in [0.15, 0.2) is 0 Å². The highest BCUT2D eigenvalue weighted by Gasteiger charge is 2.47. The highest BCUT2D eigenvalue weighted by Crippen LogP contribution is 2.41. The summed E-state index contributed by atoms with van der Waals surface area (Å²) in [4.78, 5) is 8.22. The molecule has 1 heterocycles. The average molecular weight is 250 g/mol. The molecule has 0 amide bonds. The normalized spacial score (nSPS) is 27.6. The van der Waals surface area contributed by atoms with Crippen molar-refractivity contribution < 1.29 is 5.11 Å². The van der Waals surface area contributed by atoms with E-state index >= 15 is 0 Å². The largest absolute Gasteiger partial charge is 0.392 e. The van der Waals surface area contributed by atoms with Crippen LogP contribution in [0.5, 0.6) is 0 Å². The van der Waals surface area contributed by atoms with E-state index in [1.54, 1.807) is 6.20 Å². The number of anilines is 1. The first-order valence-electron chi connectivity index (χ1n) is 6.35. The van der Waals surface area contributed by atoms with Crippen LogP contribution in [-0.2, 0) is 0 Å². The fourth-order valence-corrected chi connectivity index (χ4v) is 2.50. The molecule has 0 aromatic carbocycles. The molecule has 0 saturated heterocycles. The Balaban J connectivity index is 2.07. The molecular weight excluding hydrogens is 228 g/mol. The molecule has 1 saturated carbocycles. The number of aryl methyl sites for hydroxylation is 1. The molecule has 0 radical (unpaired) electrons. The number of hydrogen-bond acceptors (Lipinski definition) is 5. The minimum Gasteiger partial charge on any atom is -0.392 e. The predicted octanol–water partition coefficient (Wildman–Crippen LogP) is 1.18. The molecule has 2 rings (SSSR count). The zero-order valence-corrected chi connectivity index (χ0v) is 11.4. The van der Waals surface area contributed by atoms with Crippen LogP contribution in [0.25, 0.3) is 0 Å². The van der Waals surface area contributed by atoms with E-state index in [1.165, 1.54) is 0 Å². The molecule has 1 aromatic heterocycles. The lowest BCUT2D eigenvalue weighted by Gasteiger charge is -2.50. The molecule has 4 N–H and O–H groups in total. The zero-order chi connectivity index (χ0) is 13.5. The maximum Gasteiger partial charge on any atom is 0.220 e. The van der Waals surface area contributed by atoms with Crippen molar-refractivity contribution in [3.05, 3.63) is 17.5 Å². The molecule has 5 nitrogen and oxygen atoms in total. The van der Waals surface area contributed by atoms with E-state index in [4.69, 9.17) is 5.73 Å². The van der Waals surface area contributed by atoms with Gasteiger partial charge in [-0.3, -0.25) is 0 Å². The quantitative estimate of drug-likeness (QED) is 0.750. The third-order valence-corrected chi connectivity index (χ3v) is 4.17. The van der Waals surface area contributed by atoms with Gasteiger partial charge in [-0.2, -0.15) is 0 Å². The smallest absolute Gasteiger partial charge is 0.220 e. The number of aliphatic hydroxyl groups excluding tert-OH is 1. The van der Waals surface area contributed by atoms with E-state index in [-0.39, 0.29) is 17.6 Å². The summed E-state index contributed by atoms with van der Waals surface area (Å²) in [7, 11) is 0. The molecule has 0 aliphatic heterocycles. The topological polar surface area (TPSA) is 84.1 Å². The van der Waals surface area contributed by atoms with Crippen LogP contribution in [0, 0.1) is 12.3 Å². The molecule has 1 aliphatic rings. The summed E-state index contributed by atoms with van der Waals surface area (Å²) in [5.41, 5.74) is 7.44. The van der Waals surface area contributed by atoms with Gasteiger partial charge in [-0.25, -0.2) is 9.97 Å². The van der Waals surface area contributed by atoms with Crippen molar-refractivity contribution in [3.8, 4) is 0 Å². The Morgan fingerprint density at radius 3 is 2.72 bits per heavy atom. The van der Waals surface area contributed by atoms with Gasteiger partial charge in [0.25, 0.3) is 0 Å². The molecule has 3 unspecified atom stereocenters. The first-order chi connectivity index (χ1) is 8.32. The second-order valence-electron chi connectivity index (χ2n) is 5.78. The maximum absolute atomic E-state index is 9.74. The molecular formula is C13H22N4O. The summed E-state index contributed by atoms with van der Waals surface area (Å²) in [6.45, 7) is 8.19. The number of nitrogens with two attached hydrogens (primary N) is 1. The SMILES string of the molecule is Cc1nc(N)ncc1C(C)NC1CC(O)C1(C)C. The van der Waals surface area contributed by atoms with Crippen LogP contribution in [0.4, 0.5) is 5.95 Å². The van der Waals surface area contributed by atoms with Crippen LogP contribution in [0.1, 0.15) is 44.5 Å². The Labute approximate surface area is 108 Å². The second kappa shape index (κ2) is 4.48. The van der Waals surface area contributed by atoms with Crippen LogP contribution in [0.2, 0.25) is 0 Å². The van der Waals surface area contributed by atoms with Crippen molar-refractivity contribution in [3.63, 3.8) is 0 Å². The summed E-state index contributed by atoms with van der Waals surface area (Å²) in [5.74, 6) is 0.308. The summed E-state index contributed by atoms with van der Waals surface area (Å²) in [5, 5.41) is 13.3. The highest BCUT2D eigenvalue weighted by molar-refractivity contribution is 5.26. The zero-order valence-electron chi connectivity index (χ0n) is 11.4. The maximum atomic E-state index is 9.74. The van der Waals surface area contributed by atoms with Gasteiger partial charge in [-0.05, 0) is 20.3 Å². The van der Waals surface area contributed by atoms with Crippen molar-refractivity contribution in [1.29, 1.82) is 0 Å². The van der Waals surface area contributed by atoms with Gasteiger partial charge in [0, 0.05) is 35.0 Å². The summed E-state index contributed by atoms with van der Waals surface area (Å²) in [6.07, 6.45) is 2.36. The van der Waals surface area contributed by atoms with Crippen LogP contribution in [-0.4, -0.2) is 27.2 Å². The fourth-order valence-electron chi connectivity index (χ4n) is 2.50. The third-order valence-electron chi connectivity index (χ3n) is 4.17. The Hall–Kier alpha value is -1.20. The standard InChI is InChI=1S/C13H22N4O/c1-7(9-6-15-12(14)17-8(9)2)16-10-5-11(18)13(10,3)4/h6-7,10-11,16,18H,5H2,1-4H3,(H2,14,15,17). The number of nitrogens with one attached hydrogen (secondary N) is 1. The van der Waals surface area contributed by atoms with Gasteiger partial charge in [-0.1, -0.05) is 13.8 Å². The van der Waals surface area contributed by atoms with Gasteiger partial charge < -0.3 is 16.2 Å². The Bertz CT molecular complexity index is 447. The molecule has 1 aromatic rings. The summed E-state index contributed by atoms with van der Waals surface area (Å²) in [6, 6.07) is 0.474. The Morgan fingerprint density at radius 2 is 2.22 bits per heavy atom. The monoisotopic (exact) mass is 250 g/mol.